The highest BCUT2D eigenvalue weighted by Gasteiger charge is 2.09. The Morgan fingerprint density at radius 1 is 1.28 bits per heavy atom. The minimum absolute atomic E-state index is 0.127. The van der Waals surface area contributed by atoms with E-state index in [9.17, 15) is 9.59 Å². The molecular weight excluding hydrogens is 236 g/mol. The Morgan fingerprint density at radius 2 is 2.00 bits per heavy atom. The van der Waals surface area contributed by atoms with Gasteiger partial charge in [-0.15, -0.1) is 0 Å². The van der Waals surface area contributed by atoms with Crippen LogP contribution in [0.1, 0.15) is 16.8 Å². The SMILES string of the molecule is COC(=O)CCNC(=O)c1cc(N)cc(OC)c1. The molecule has 0 aromatic heterocycles. The van der Waals surface area contributed by atoms with E-state index in [1.807, 2.05) is 0 Å². The van der Waals surface area contributed by atoms with Gasteiger partial charge in [0.25, 0.3) is 5.91 Å². The van der Waals surface area contributed by atoms with Gasteiger partial charge >= 0.3 is 5.97 Å². The summed E-state index contributed by atoms with van der Waals surface area (Å²) in [6.45, 7) is 0.211. The molecule has 0 aliphatic carbocycles. The van der Waals surface area contributed by atoms with Crippen LogP contribution in [-0.2, 0) is 9.53 Å². The standard InChI is InChI=1S/C12H16N2O4/c1-17-10-6-8(5-9(13)7-10)12(16)14-4-3-11(15)18-2/h5-7H,3-4,13H2,1-2H3,(H,14,16). The van der Waals surface area contributed by atoms with Crippen molar-refractivity contribution in [2.45, 2.75) is 6.42 Å². The van der Waals surface area contributed by atoms with E-state index >= 15 is 0 Å². The normalized spacial score (nSPS) is 9.67. The zero-order chi connectivity index (χ0) is 13.5. The van der Waals surface area contributed by atoms with Crippen LogP contribution in [0.15, 0.2) is 18.2 Å². The minimum Gasteiger partial charge on any atom is -0.497 e. The Balaban J connectivity index is 2.61. The number of carbonyl (C=O) groups is 2. The fourth-order valence-corrected chi connectivity index (χ4v) is 1.35. The number of anilines is 1. The van der Waals surface area contributed by atoms with Crippen molar-refractivity contribution in [1.82, 2.24) is 5.32 Å². The smallest absolute Gasteiger partial charge is 0.307 e. The summed E-state index contributed by atoms with van der Waals surface area (Å²) in [5.41, 5.74) is 6.46. The average Bonchev–Trinajstić information content (AvgIpc) is 2.37. The van der Waals surface area contributed by atoms with Gasteiger partial charge in [0.1, 0.15) is 5.75 Å². The van der Waals surface area contributed by atoms with Crippen molar-refractivity contribution in [2.75, 3.05) is 26.5 Å². The van der Waals surface area contributed by atoms with Gasteiger partial charge in [-0.1, -0.05) is 0 Å². The molecule has 0 heterocycles. The lowest BCUT2D eigenvalue weighted by Crippen LogP contribution is -2.26. The number of ether oxygens (including phenoxy) is 2. The van der Waals surface area contributed by atoms with Crippen molar-refractivity contribution in [3.05, 3.63) is 23.8 Å². The van der Waals surface area contributed by atoms with Gasteiger partial charge in [0.15, 0.2) is 0 Å². The molecule has 0 aliphatic heterocycles. The molecule has 1 aromatic rings. The van der Waals surface area contributed by atoms with Crippen molar-refractivity contribution in [3.8, 4) is 5.75 Å². The van der Waals surface area contributed by atoms with Crippen LogP contribution in [0.2, 0.25) is 0 Å². The van der Waals surface area contributed by atoms with Crippen molar-refractivity contribution in [3.63, 3.8) is 0 Å². The van der Waals surface area contributed by atoms with E-state index in [0.29, 0.717) is 17.0 Å². The van der Waals surface area contributed by atoms with Crippen molar-refractivity contribution in [1.29, 1.82) is 0 Å². The number of esters is 1. The third-order valence-corrected chi connectivity index (χ3v) is 2.27. The van der Waals surface area contributed by atoms with Gasteiger partial charge in [0, 0.05) is 23.9 Å². The summed E-state index contributed by atoms with van der Waals surface area (Å²) in [7, 11) is 2.79. The quantitative estimate of drug-likeness (QED) is 0.590. The lowest BCUT2D eigenvalue weighted by Gasteiger charge is -2.07. The zero-order valence-electron chi connectivity index (χ0n) is 10.4. The van der Waals surface area contributed by atoms with Crippen LogP contribution in [0.3, 0.4) is 0 Å². The molecule has 0 aliphatic rings. The molecule has 6 nitrogen and oxygen atoms in total. The van der Waals surface area contributed by atoms with E-state index in [2.05, 4.69) is 10.1 Å². The molecule has 0 saturated heterocycles. The molecule has 6 heteroatoms. The predicted molar refractivity (Wildman–Crippen MR) is 66.4 cm³/mol. The van der Waals surface area contributed by atoms with Gasteiger partial charge in [-0.2, -0.15) is 0 Å². The molecule has 0 unspecified atom stereocenters. The number of carbonyl (C=O) groups excluding carboxylic acids is 2. The first-order chi connectivity index (χ1) is 8.56. The number of hydrogen-bond acceptors (Lipinski definition) is 5. The summed E-state index contributed by atoms with van der Waals surface area (Å²) >= 11 is 0. The van der Waals surface area contributed by atoms with Crippen molar-refractivity contribution < 1.29 is 19.1 Å². The first-order valence-corrected chi connectivity index (χ1v) is 5.36. The number of hydrogen-bond donors (Lipinski definition) is 2. The van der Waals surface area contributed by atoms with Gasteiger partial charge in [0.2, 0.25) is 0 Å². The largest absolute Gasteiger partial charge is 0.497 e. The van der Waals surface area contributed by atoms with E-state index in [1.165, 1.54) is 20.3 Å². The van der Waals surface area contributed by atoms with Crippen LogP contribution in [0.25, 0.3) is 0 Å². The maximum atomic E-state index is 11.8. The third kappa shape index (κ3) is 3.97. The lowest BCUT2D eigenvalue weighted by molar-refractivity contribution is -0.140. The molecule has 0 atom stereocenters. The summed E-state index contributed by atoms with van der Waals surface area (Å²) in [6.07, 6.45) is 0.127. The fourth-order valence-electron chi connectivity index (χ4n) is 1.35. The zero-order valence-corrected chi connectivity index (χ0v) is 10.4. The second-order valence-electron chi connectivity index (χ2n) is 3.58. The molecule has 0 spiro atoms. The Labute approximate surface area is 105 Å². The molecule has 0 fully saturated rings. The number of rotatable bonds is 5. The highest BCUT2D eigenvalue weighted by atomic mass is 16.5. The van der Waals surface area contributed by atoms with E-state index in [-0.39, 0.29) is 24.8 Å². The highest BCUT2D eigenvalue weighted by molar-refractivity contribution is 5.95. The molecule has 1 rings (SSSR count). The van der Waals surface area contributed by atoms with Crippen LogP contribution in [0.5, 0.6) is 5.75 Å². The van der Waals surface area contributed by atoms with Crippen LogP contribution in [0, 0.1) is 0 Å². The average molecular weight is 252 g/mol. The van der Waals surface area contributed by atoms with Gasteiger partial charge in [-0.25, -0.2) is 0 Å². The molecule has 1 amide bonds. The predicted octanol–water partition coefficient (Wildman–Crippen LogP) is 0.570. The Hall–Kier alpha value is -2.24. The molecule has 98 valence electrons. The van der Waals surface area contributed by atoms with Gasteiger partial charge in [-0.3, -0.25) is 9.59 Å². The van der Waals surface area contributed by atoms with Crippen molar-refractivity contribution in [2.24, 2.45) is 0 Å². The summed E-state index contributed by atoms with van der Waals surface area (Å²) in [5, 5.41) is 2.59. The van der Waals surface area contributed by atoms with Gasteiger partial charge in [-0.05, 0) is 12.1 Å². The number of nitrogens with one attached hydrogen (secondary N) is 1. The monoisotopic (exact) mass is 252 g/mol. The molecule has 3 N–H and O–H groups in total. The third-order valence-electron chi connectivity index (χ3n) is 2.27. The van der Waals surface area contributed by atoms with Gasteiger partial charge < -0.3 is 20.5 Å². The lowest BCUT2D eigenvalue weighted by atomic mass is 10.1. The van der Waals surface area contributed by atoms with E-state index in [1.54, 1.807) is 12.1 Å². The second-order valence-corrected chi connectivity index (χ2v) is 3.58. The Bertz CT molecular complexity index is 446. The number of nitrogens with two attached hydrogens (primary N) is 1. The Kier molecular flexibility index (Phi) is 4.98. The van der Waals surface area contributed by atoms with Crippen LogP contribution < -0.4 is 15.8 Å². The summed E-state index contributed by atoms with van der Waals surface area (Å²) in [5.74, 6) is -0.182. The number of benzene rings is 1. The van der Waals surface area contributed by atoms with Gasteiger partial charge in [0.05, 0.1) is 20.6 Å². The molecule has 1 aromatic carbocycles. The summed E-state index contributed by atoms with van der Waals surface area (Å²) in [4.78, 5) is 22.6. The maximum Gasteiger partial charge on any atom is 0.307 e. The molecule has 0 saturated carbocycles. The van der Waals surface area contributed by atoms with E-state index in [4.69, 9.17) is 10.5 Å². The summed E-state index contributed by atoms with van der Waals surface area (Å²) in [6, 6.07) is 4.73. The molecular formula is C12H16N2O4. The van der Waals surface area contributed by atoms with E-state index < -0.39 is 0 Å². The first kappa shape index (κ1) is 13.8. The first-order valence-electron chi connectivity index (χ1n) is 5.36. The minimum atomic E-state index is -0.375. The van der Waals surface area contributed by atoms with Crippen LogP contribution >= 0.6 is 0 Å². The number of methoxy groups -OCH3 is 2. The van der Waals surface area contributed by atoms with Crippen LogP contribution in [0.4, 0.5) is 5.69 Å². The summed E-state index contributed by atoms with van der Waals surface area (Å²) < 4.78 is 9.47. The van der Waals surface area contributed by atoms with Crippen LogP contribution in [-0.4, -0.2) is 32.6 Å². The second kappa shape index (κ2) is 6.48. The number of nitrogen functional groups attached to an aromatic ring is 1. The molecule has 18 heavy (non-hydrogen) atoms. The van der Waals surface area contributed by atoms with Crippen molar-refractivity contribution >= 4 is 17.6 Å². The molecule has 0 bridgehead atoms. The Morgan fingerprint density at radius 3 is 2.61 bits per heavy atom. The topological polar surface area (TPSA) is 90.7 Å². The fraction of sp³-hybridized carbons (Fsp3) is 0.333. The highest BCUT2D eigenvalue weighted by Crippen LogP contribution is 2.18. The number of amides is 1. The molecule has 0 radical (unpaired) electrons. The van der Waals surface area contributed by atoms with E-state index in [0.717, 1.165) is 0 Å². The maximum absolute atomic E-state index is 11.8.